The van der Waals surface area contributed by atoms with Crippen LogP contribution in [0.15, 0.2) is 12.1 Å². The SMILES string of the molecule is COC(=O)c1ccc([N+](=O)[O-])c(NCC2CCOC2)n1. The van der Waals surface area contributed by atoms with E-state index in [1.54, 1.807) is 0 Å². The summed E-state index contributed by atoms with van der Waals surface area (Å²) in [6.07, 6.45) is 0.900. The third kappa shape index (κ3) is 3.21. The van der Waals surface area contributed by atoms with E-state index in [9.17, 15) is 14.9 Å². The van der Waals surface area contributed by atoms with E-state index in [-0.39, 0.29) is 23.1 Å². The Morgan fingerprint density at radius 2 is 2.45 bits per heavy atom. The first kappa shape index (κ1) is 14.2. The predicted octanol–water partition coefficient (Wildman–Crippen LogP) is 1.22. The van der Waals surface area contributed by atoms with Crippen LogP contribution in [0.25, 0.3) is 0 Å². The number of aromatic nitrogens is 1. The summed E-state index contributed by atoms with van der Waals surface area (Å²) in [6.45, 7) is 1.83. The fraction of sp³-hybridized carbons (Fsp3) is 0.500. The zero-order chi connectivity index (χ0) is 14.5. The van der Waals surface area contributed by atoms with Crippen LogP contribution in [0.1, 0.15) is 16.9 Å². The third-order valence-corrected chi connectivity index (χ3v) is 3.05. The third-order valence-electron chi connectivity index (χ3n) is 3.05. The van der Waals surface area contributed by atoms with Gasteiger partial charge in [-0.2, -0.15) is 0 Å². The lowest BCUT2D eigenvalue weighted by molar-refractivity contribution is -0.384. The number of nitro groups is 1. The van der Waals surface area contributed by atoms with Crippen LogP contribution in [0.4, 0.5) is 11.5 Å². The summed E-state index contributed by atoms with van der Waals surface area (Å²) >= 11 is 0. The van der Waals surface area contributed by atoms with Crippen molar-refractivity contribution >= 4 is 17.5 Å². The van der Waals surface area contributed by atoms with E-state index in [4.69, 9.17) is 4.74 Å². The minimum atomic E-state index is -0.632. The first-order chi connectivity index (χ1) is 9.61. The van der Waals surface area contributed by atoms with Crippen molar-refractivity contribution in [3.63, 3.8) is 0 Å². The van der Waals surface area contributed by atoms with Gasteiger partial charge in [-0.3, -0.25) is 10.1 Å². The van der Waals surface area contributed by atoms with Crippen molar-refractivity contribution < 1.29 is 19.2 Å². The number of rotatable bonds is 5. The summed E-state index contributed by atoms with van der Waals surface area (Å²) in [6, 6.07) is 2.51. The molecule has 8 nitrogen and oxygen atoms in total. The van der Waals surface area contributed by atoms with Gasteiger partial charge in [0, 0.05) is 25.1 Å². The van der Waals surface area contributed by atoms with Crippen LogP contribution >= 0.6 is 0 Å². The maximum absolute atomic E-state index is 11.4. The monoisotopic (exact) mass is 281 g/mol. The summed E-state index contributed by atoms with van der Waals surface area (Å²) in [4.78, 5) is 25.8. The molecule has 108 valence electrons. The van der Waals surface area contributed by atoms with Gasteiger partial charge in [0.25, 0.3) is 0 Å². The van der Waals surface area contributed by atoms with Crippen molar-refractivity contribution in [2.45, 2.75) is 6.42 Å². The van der Waals surface area contributed by atoms with E-state index >= 15 is 0 Å². The minimum Gasteiger partial charge on any atom is -0.464 e. The number of anilines is 1. The van der Waals surface area contributed by atoms with Crippen molar-refractivity contribution in [3.8, 4) is 0 Å². The number of nitrogens with one attached hydrogen (secondary N) is 1. The number of methoxy groups -OCH3 is 1. The van der Waals surface area contributed by atoms with E-state index in [2.05, 4.69) is 15.0 Å². The zero-order valence-corrected chi connectivity index (χ0v) is 11.0. The number of pyridine rings is 1. The highest BCUT2D eigenvalue weighted by molar-refractivity contribution is 5.88. The summed E-state index contributed by atoms with van der Waals surface area (Å²) in [5, 5.41) is 13.9. The minimum absolute atomic E-state index is 0.0308. The second kappa shape index (κ2) is 6.29. The number of hydrogen-bond donors (Lipinski definition) is 1. The standard InChI is InChI=1S/C12H15N3O5/c1-19-12(16)9-2-3-10(15(17)18)11(14-9)13-6-8-4-5-20-7-8/h2-3,8H,4-7H2,1H3,(H,13,14). The van der Waals surface area contributed by atoms with E-state index in [0.717, 1.165) is 6.42 Å². The molecule has 1 aliphatic rings. The molecule has 0 radical (unpaired) electrons. The van der Waals surface area contributed by atoms with Crippen LogP contribution in [0, 0.1) is 16.0 Å². The molecule has 1 aromatic rings. The Labute approximate surface area is 115 Å². The first-order valence-electron chi connectivity index (χ1n) is 6.17. The second-order valence-electron chi connectivity index (χ2n) is 4.42. The highest BCUT2D eigenvalue weighted by atomic mass is 16.6. The number of nitrogens with zero attached hydrogens (tertiary/aromatic N) is 2. The molecular formula is C12H15N3O5. The molecule has 1 fully saturated rings. The molecule has 8 heteroatoms. The Kier molecular flexibility index (Phi) is 4.46. The van der Waals surface area contributed by atoms with Crippen LogP contribution < -0.4 is 5.32 Å². The average molecular weight is 281 g/mol. The molecule has 1 N–H and O–H groups in total. The van der Waals surface area contributed by atoms with Gasteiger partial charge >= 0.3 is 11.7 Å². The lowest BCUT2D eigenvalue weighted by Crippen LogP contribution is -2.17. The van der Waals surface area contributed by atoms with Crippen molar-refractivity contribution in [2.24, 2.45) is 5.92 Å². The number of ether oxygens (including phenoxy) is 2. The Bertz CT molecular complexity index is 514. The fourth-order valence-corrected chi connectivity index (χ4v) is 1.93. The fourth-order valence-electron chi connectivity index (χ4n) is 1.93. The van der Waals surface area contributed by atoms with Gasteiger partial charge in [-0.25, -0.2) is 9.78 Å². The molecule has 2 rings (SSSR count). The van der Waals surface area contributed by atoms with E-state index < -0.39 is 10.9 Å². The smallest absolute Gasteiger partial charge is 0.356 e. The number of esters is 1. The van der Waals surface area contributed by atoms with Gasteiger partial charge in [0.15, 0.2) is 5.69 Å². The Morgan fingerprint density at radius 1 is 1.65 bits per heavy atom. The molecule has 1 unspecified atom stereocenters. The maximum Gasteiger partial charge on any atom is 0.356 e. The van der Waals surface area contributed by atoms with Gasteiger partial charge in [-0.15, -0.1) is 0 Å². The average Bonchev–Trinajstić information content (AvgIpc) is 2.97. The highest BCUT2D eigenvalue weighted by Crippen LogP contribution is 2.23. The normalized spacial score (nSPS) is 17.8. The van der Waals surface area contributed by atoms with E-state index in [1.807, 2.05) is 0 Å². The van der Waals surface area contributed by atoms with Crippen molar-refractivity contribution in [1.82, 2.24) is 4.98 Å². The van der Waals surface area contributed by atoms with Gasteiger partial charge in [-0.1, -0.05) is 0 Å². The molecule has 1 aliphatic heterocycles. The summed E-state index contributed by atoms with van der Waals surface area (Å²) < 4.78 is 9.78. The molecule has 1 aromatic heterocycles. The molecule has 0 aromatic carbocycles. The lowest BCUT2D eigenvalue weighted by Gasteiger charge is -2.10. The van der Waals surface area contributed by atoms with Gasteiger partial charge in [-0.05, 0) is 12.5 Å². The Hall–Kier alpha value is -2.22. The van der Waals surface area contributed by atoms with Crippen molar-refractivity contribution in [1.29, 1.82) is 0 Å². The van der Waals surface area contributed by atoms with Crippen LogP contribution in [0.5, 0.6) is 0 Å². The molecule has 0 spiro atoms. The summed E-state index contributed by atoms with van der Waals surface area (Å²) in [5.41, 5.74) is -0.139. The lowest BCUT2D eigenvalue weighted by atomic mass is 10.1. The molecule has 0 aliphatic carbocycles. The summed E-state index contributed by atoms with van der Waals surface area (Å²) in [5.74, 6) is -0.268. The van der Waals surface area contributed by atoms with Gasteiger partial charge in [0.2, 0.25) is 5.82 Å². The molecular weight excluding hydrogens is 266 g/mol. The second-order valence-corrected chi connectivity index (χ2v) is 4.42. The van der Waals surface area contributed by atoms with Gasteiger partial charge < -0.3 is 14.8 Å². The van der Waals surface area contributed by atoms with E-state index in [0.29, 0.717) is 19.8 Å². The van der Waals surface area contributed by atoms with Crippen molar-refractivity contribution in [3.05, 3.63) is 27.9 Å². The molecule has 1 atom stereocenters. The van der Waals surface area contributed by atoms with E-state index in [1.165, 1.54) is 19.2 Å². The first-order valence-corrected chi connectivity index (χ1v) is 6.17. The van der Waals surface area contributed by atoms with Crippen molar-refractivity contribution in [2.75, 3.05) is 32.2 Å². The molecule has 2 heterocycles. The molecule has 0 amide bonds. The summed E-state index contributed by atoms with van der Waals surface area (Å²) in [7, 11) is 1.23. The molecule has 0 saturated carbocycles. The van der Waals surface area contributed by atoms with Gasteiger partial charge in [0.1, 0.15) is 0 Å². The van der Waals surface area contributed by atoms with Crippen LogP contribution in [0.2, 0.25) is 0 Å². The zero-order valence-electron chi connectivity index (χ0n) is 11.0. The number of carbonyl (C=O) groups excluding carboxylic acids is 1. The molecule has 1 saturated heterocycles. The predicted molar refractivity (Wildman–Crippen MR) is 69.6 cm³/mol. The number of hydrogen-bond acceptors (Lipinski definition) is 7. The largest absolute Gasteiger partial charge is 0.464 e. The highest BCUT2D eigenvalue weighted by Gasteiger charge is 2.21. The molecule has 0 bridgehead atoms. The Morgan fingerprint density at radius 3 is 3.05 bits per heavy atom. The quantitative estimate of drug-likeness (QED) is 0.491. The topological polar surface area (TPSA) is 104 Å². The van der Waals surface area contributed by atoms with Crippen LogP contribution in [0.3, 0.4) is 0 Å². The number of carbonyl (C=O) groups is 1. The maximum atomic E-state index is 11.4. The molecule has 20 heavy (non-hydrogen) atoms. The Balaban J connectivity index is 2.17. The van der Waals surface area contributed by atoms with Crippen LogP contribution in [-0.2, 0) is 9.47 Å². The van der Waals surface area contributed by atoms with Crippen LogP contribution in [-0.4, -0.2) is 42.7 Å². The van der Waals surface area contributed by atoms with Gasteiger partial charge in [0.05, 0.1) is 18.6 Å².